The van der Waals surface area contributed by atoms with Crippen molar-refractivity contribution in [3.63, 3.8) is 0 Å². The molecule has 0 aromatic rings. The first-order valence-corrected chi connectivity index (χ1v) is 7.61. The van der Waals surface area contributed by atoms with Crippen molar-refractivity contribution in [2.24, 2.45) is 0 Å². The van der Waals surface area contributed by atoms with Crippen molar-refractivity contribution in [3.8, 4) is 0 Å². The van der Waals surface area contributed by atoms with Gasteiger partial charge in [-0.1, -0.05) is 0 Å². The predicted molar refractivity (Wildman–Crippen MR) is 56.8 cm³/mol. The number of hydrogen-bond acceptors (Lipinski definition) is 10. The second-order valence-corrected chi connectivity index (χ2v) is 5.81. The smallest absolute Gasteiger partial charge is 0.394 e. The number of aliphatic hydroxyl groups excluding tert-OH is 3. The normalized spacial score (nSPS) is 36.0. The Morgan fingerprint density at radius 3 is 1.80 bits per heavy atom. The first kappa shape index (κ1) is 17.6. The molecule has 14 heteroatoms. The van der Waals surface area contributed by atoms with Gasteiger partial charge in [0.25, 0.3) is 0 Å². The van der Waals surface area contributed by atoms with Crippen LogP contribution in [0.25, 0.3) is 0 Å². The minimum absolute atomic E-state index is 0.887. The molecule has 1 rings (SSSR count). The number of hydrogen-bond donors (Lipinski definition) is 5. The molecule has 0 aliphatic carbocycles. The topological polar surface area (TPSA) is 197 Å². The van der Waals surface area contributed by atoms with Crippen LogP contribution in [0.3, 0.4) is 0 Å². The summed E-state index contributed by atoms with van der Waals surface area (Å²) in [5, 5.41) is 27.9. The van der Waals surface area contributed by atoms with Gasteiger partial charge in [0.05, 0.1) is 6.61 Å². The van der Waals surface area contributed by atoms with Gasteiger partial charge in [-0.3, -0.25) is 9.11 Å². The maximum absolute atomic E-state index is 10.6. The SMILES string of the molecule is O=S(=O)(O)O[C@@H]1[C@@H](OS(=O)(=O)O)[C@@H](O)[C@@H](CO)O[C@@H]1O. The lowest BCUT2D eigenvalue weighted by molar-refractivity contribution is -0.276. The van der Waals surface area contributed by atoms with Crippen LogP contribution in [-0.4, -0.2) is 78.6 Å². The molecule has 0 aromatic heterocycles. The van der Waals surface area contributed by atoms with Crippen molar-refractivity contribution >= 4 is 20.8 Å². The van der Waals surface area contributed by atoms with Crippen molar-refractivity contribution in [3.05, 3.63) is 0 Å². The van der Waals surface area contributed by atoms with Gasteiger partial charge in [-0.15, -0.1) is 0 Å². The van der Waals surface area contributed by atoms with Crippen molar-refractivity contribution in [1.29, 1.82) is 0 Å². The highest BCUT2D eigenvalue weighted by Gasteiger charge is 2.49. The van der Waals surface area contributed by atoms with Crippen molar-refractivity contribution < 1.29 is 54.4 Å². The van der Waals surface area contributed by atoms with Gasteiger partial charge in [0.1, 0.15) is 18.3 Å². The number of aliphatic hydroxyl groups is 3. The van der Waals surface area contributed by atoms with Crippen LogP contribution in [-0.2, 0) is 33.9 Å². The Kier molecular flexibility index (Phi) is 5.41. The summed E-state index contributed by atoms with van der Waals surface area (Å²) in [5.41, 5.74) is 0. The third-order valence-electron chi connectivity index (χ3n) is 2.28. The van der Waals surface area contributed by atoms with E-state index in [1.54, 1.807) is 0 Å². The fourth-order valence-corrected chi connectivity index (χ4v) is 2.54. The second-order valence-electron chi connectivity index (χ2n) is 3.72. The monoisotopic (exact) mass is 340 g/mol. The standard InChI is InChI=1S/C6H12O12S2/c7-1-2-3(8)4(17-19(10,11)12)5(6(9)16-2)18-20(13,14)15/h2-9H,1H2,(H,10,11,12)(H,13,14,15)/t2-,3+,4+,5-,6+/m1/s1. The Morgan fingerprint density at radius 1 is 0.950 bits per heavy atom. The van der Waals surface area contributed by atoms with E-state index in [0.717, 1.165) is 0 Å². The van der Waals surface area contributed by atoms with Crippen molar-refractivity contribution in [2.45, 2.75) is 30.7 Å². The minimum Gasteiger partial charge on any atom is -0.394 e. The molecular formula is C6H12O12S2. The maximum atomic E-state index is 10.6. The number of ether oxygens (including phenoxy) is 1. The Balaban J connectivity index is 3.09. The minimum atomic E-state index is -5.16. The van der Waals surface area contributed by atoms with Crippen molar-refractivity contribution in [2.75, 3.05) is 6.61 Å². The Bertz CT molecular complexity index is 524. The average Bonchev–Trinajstić information content (AvgIpc) is 2.25. The molecule has 0 spiro atoms. The molecule has 5 N–H and O–H groups in total. The third-order valence-corrected chi connectivity index (χ3v) is 3.21. The molecule has 1 heterocycles. The van der Waals surface area contributed by atoms with Gasteiger partial charge in [-0.05, 0) is 0 Å². The van der Waals surface area contributed by atoms with E-state index in [0.29, 0.717) is 0 Å². The summed E-state index contributed by atoms with van der Waals surface area (Å²) < 4.78 is 71.9. The molecule has 0 amide bonds. The lowest BCUT2D eigenvalue weighted by Gasteiger charge is -2.39. The molecule has 5 atom stereocenters. The van der Waals surface area contributed by atoms with E-state index in [-0.39, 0.29) is 0 Å². The van der Waals surface area contributed by atoms with E-state index < -0.39 is 58.1 Å². The lowest BCUT2D eigenvalue weighted by Crippen LogP contribution is -2.61. The van der Waals surface area contributed by atoms with Gasteiger partial charge in [0.15, 0.2) is 12.4 Å². The fraction of sp³-hybridized carbons (Fsp3) is 1.00. The van der Waals surface area contributed by atoms with Crippen LogP contribution in [0, 0.1) is 0 Å². The summed E-state index contributed by atoms with van der Waals surface area (Å²) in [6.07, 6.45) is -10.1. The second kappa shape index (κ2) is 6.14. The Morgan fingerprint density at radius 2 is 1.40 bits per heavy atom. The molecule has 120 valence electrons. The Labute approximate surface area is 113 Å². The lowest BCUT2D eigenvalue weighted by atomic mass is 9.99. The van der Waals surface area contributed by atoms with Crippen LogP contribution in [0.5, 0.6) is 0 Å². The first-order chi connectivity index (χ1) is 8.94. The molecule has 12 nitrogen and oxygen atoms in total. The van der Waals surface area contributed by atoms with Gasteiger partial charge in [0, 0.05) is 0 Å². The highest BCUT2D eigenvalue weighted by molar-refractivity contribution is 7.81. The largest absolute Gasteiger partial charge is 0.397 e. The van der Waals surface area contributed by atoms with Gasteiger partial charge >= 0.3 is 20.8 Å². The zero-order valence-electron chi connectivity index (χ0n) is 9.50. The van der Waals surface area contributed by atoms with E-state index in [2.05, 4.69) is 13.1 Å². The summed E-state index contributed by atoms with van der Waals surface area (Å²) in [6.45, 7) is -0.887. The van der Waals surface area contributed by atoms with Crippen LogP contribution in [0.15, 0.2) is 0 Å². The highest BCUT2D eigenvalue weighted by Crippen LogP contribution is 2.26. The zero-order valence-corrected chi connectivity index (χ0v) is 11.1. The maximum Gasteiger partial charge on any atom is 0.397 e. The van der Waals surface area contributed by atoms with Gasteiger partial charge in [0.2, 0.25) is 0 Å². The van der Waals surface area contributed by atoms with Gasteiger partial charge in [-0.25, -0.2) is 8.37 Å². The molecule has 1 aliphatic rings. The van der Waals surface area contributed by atoms with E-state index in [9.17, 15) is 27.0 Å². The van der Waals surface area contributed by atoms with Crippen LogP contribution in [0.2, 0.25) is 0 Å². The first-order valence-electron chi connectivity index (χ1n) is 4.88. The molecule has 1 aliphatic heterocycles. The summed E-state index contributed by atoms with van der Waals surface area (Å²) in [4.78, 5) is 0. The van der Waals surface area contributed by atoms with Crippen LogP contribution >= 0.6 is 0 Å². The summed E-state index contributed by atoms with van der Waals surface area (Å²) in [7, 11) is -10.3. The van der Waals surface area contributed by atoms with Crippen LogP contribution in [0.4, 0.5) is 0 Å². The molecular weight excluding hydrogens is 328 g/mol. The quantitative estimate of drug-likeness (QED) is 0.309. The average molecular weight is 340 g/mol. The molecule has 0 radical (unpaired) electrons. The molecule has 0 saturated carbocycles. The zero-order chi connectivity index (χ0) is 15.7. The van der Waals surface area contributed by atoms with E-state index in [4.69, 9.17) is 14.2 Å². The van der Waals surface area contributed by atoms with Gasteiger partial charge < -0.3 is 20.1 Å². The van der Waals surface area contributed by atoms with Crippen LogP contribution < -0.4 is 0 Å². The van der Waals surface area contributed by atoms with E-state index >= 15 is 0 Å². The van der Waals surface area contributed by atoms with Crippen LogP contribution in [0.1, 0.15) is 0 Å². The summed E-state index contributed by atoms with van der Waals surface area (Å²) >= 11 is 0. The molecule has 20 heavy (non-hydrogen) atoms. The summed E-state index contributed by atoms with van der Waals surface area (Å²) in [6, 6.07) is 0. The molecule has 1 saturated heterocycles. The Hall–Kier alpha value is -0.420. The predicted octanol–water partition coefficient (Wildman–Crippen LogP) is -3.57. The third kappa shape index (κ3) is 4.85. The molecule has 0 unspecified atom stereocenters. The van der Waals surface area contributed by atoms with E-state index in [1.165, 1.54) is 0 Å². The highest BCUT2D eigenvalue weighted by atomic mass is 32.3. The van der Waals surface area contributed by atoms with E-state index in [1.807, 2.05) is 0 Å². The molecule has 0 aromatic carbocycles. The molecule has 1 fully saturated rings. The van der Waals surface area contributed by atoms with Gasteiger partial charge in [-0.2, -0.15) is 16.8 Å². The van der Waals surface area contributed by atoms with Crippen molar-refractivity contribution in [1.82, 2.24) is 0 Å². The number of rotatable bonds is 5. The fourth-order valence-electron chi connectivity index (χ4n) is 1.55. The summed E-state index contributed by atoms with van der Waals surface area (Å²) in [5.74, 6) is 0. The molecule has 0 bridgehead atoms.